The van der Waals surface area contributed by atoms with E-state index in [-0.39, 0.29) is 47.9 Å². The number of benzene rings is 2. The van der Waals surface area contributed by atoms with E-state index in [1.54, 1.807) is 7.05 Å². The maximum atomic E-state index is 14.2. The number of piperidine rings is 1. The van der Waals surface area contributed by atoms with Crippen molar-refractivity contribution >= 4 is 29.9 Å². The fourth-order valence-electron chi connectivity index (χ4n) is 4.92. The quantitative estimate of drug-likeness (QED) is 0.281. The van der Waals surface area contributed by atoms with Gasteiger partial charge in [0, 0.05) is 43.8 Å². The van der Waals surface area contributed by atoms with E-state index in [4.69, 9.17) is 0 Å². The standard InChI is InChI=1S/C24H29F3N4O.HI/c1-28-24(29-14-20-21(25)8-5-9-22(20)32-23(26)27)30-17-12-18-10-11-19(13-17)31(18)15-16-6-3-2-4-7-16;/h2-9,17-19,23H,10-15H2,1H3,(H2,28,29,30);1H. The Balaban J connectivity index is 0.00000306. The summed E-state index contributed by atoms with van der Waals surface area (Å²) in [5.41, 5.74) is 1.38. The van der Waals surface area contributed by atoms with Gasteiger partial charge < -0.3 is 15.4 Å². The van der Waals surface area contributed by atoms with Crippen molar-refractivity contribution in [2.24, 2.45) is 4.99 Å². The minimum absolute atomic E-state index is 0. The number of hydrogen-bond acceptors (Lipinski definition) is 3. The molecule has 180 valence electrons. The van der Waals surface area contributed by atoms with Gasteiger partial charge in [-0.3, -0.25) is 9.89 Å². The van der Waals surface area contributed by atoms with Crippen LogP contribution in [0.1, 0.15) is 36.8 Å². The summed E-state index contributed by atoms with van der Waals surface area (Å²) in [7, 11) is 1.65. The fourth-order valence-corrected chi connectivity index (χ4v) is 4.92. The number of alkyl halides is 2. The summed E-state index contributed by atoms with van der Waals surface area (Å²) in [5.74, 6) is -0.245. The van der Waals surface area contributed by atoms with Gasteiger partial charge in [0.1, 0.15) is 11.6 Å². The number of rotatable bonds is 7. The van der Waals surface area contributed by atoms with Crippen molar-refractivity contribution in [3.8, 4) is 5.75 Å². The van der Waals surface area contributed by atoms with E-state index in [2.05, 4.69) is 49.5 Å². The molecule has 0 radical (unpaired) electrons. The van der Waals surface area contributed by atoms with Gasteiger partial charge in [0.2, 0.25) is 0 Å². The van der Waals surface area contributed by atoms with Crippen molar-refractivity contribution in [1.82, 2.24) is 15.5 Å². The number of ether oxygens (including phenoxy) is 1. The molecule has 2 heterocycles. The van der Waals surface area contributed by atoms with Crippen molar-refractivity contribution in [2.75, 3.05) is 7.05 Å². The van der Waals surface area contributed by atoms with E-state index in [0.717, 1.165) is 19.4 Å². The molecule has 2 aliphatic heterocycles. The normalized spacial score (nSPS) is 22.7. The van der Waals surface area contributed by atoms with Crippen LogP contribution in [-0.4, -0.2) is 42.6 Å². The van der Waals surface area contributed by atoms with E-state index < -0.39 is 12.4 Å². The summed E-state index contributed by atoms with van der Waals surface area (Å²) in [4.78, 5) is 6.85. The van der Waals surface area contributed by atoms with Gasteiger partial charge in [-0.2, -0.15) is 8.78 Å². The van der Waals surface area contributed by atoms with E-state index in [1.807, 2.05) is 6.07 Å². The van der Waals surface area contributed by atoms with Crippen molar-refractivity contribution in [3.63, 3.8) is 0 Å². The molecule has 33 heavy (non-hydrogen) atoms. The van der Waals surface area contributed by atoms with Gasteiger partial charge in [0.05, 0.1) is 0 Å². The highest BCUT2D eigenvalue weighted by atomic mass is 127. The zero-order valence-corrected chi connectivity index (χ0v) is 20.8. The molecule has 0 amide bonds. The molecule has 0 spiro atoms. The SMILES string of the molecule is CN=C(NCc1c(F)cccc1OC(F)F)NC1CC2CCC(C1)N2Cc1ccccc1.I. The second-order valence-electron chi connectivity index (χ2n) is 8.38. The number of halogens is 4. The summed E-state index contributed by atoms with van der Waals surface area (Å²) in [5, 5.41) is 6.49. The molecule has 5 nitrogen and oxygen atoms in total. The molecule has 2 atom stereocenters. The third kappa shape index (κ3) is 6.53. The van der Waals surface area contributed by atoms with Crippen LogP contribution in [0.2, 0.25) is 0 Å². The smallest absolute Gasteiger partial charge is 0.387 e. The average molecular weight is 574 g/mol. The molecule has 2 aromatic carbocycles. The summed E-state index contributed by atoms with van der Waals surface area (Å²) < 4.78 is 44.0. The molecule has 2 saturated heterocycles. The van der Waals surface area contributed by atoms with E-state index in [1.165, 1.54) is 36.6 Å². The van der Waals surface area contributed by atoms with Crippen LogP contribution < -0.4 is 15.4 Å². The van der Waals surface area contributed by atoms with Gasteiger partial charge in [0.25, 0.3) is 0 Å². The molecule has 4 rings (SSSR count). The van der Waals surface area contributed by atoms with Crippen LogP contribution in [0.3, 0.4) is 0 Å². The highest BCUT2D eigenvalue weighted by Crippen LogP contribution is 2.36. The first kappa shape index (κ1) is 25.6. The molecule has 9 heteroatoms. The third-order valence-corrected chi connectivity index (χ3v) is 6.38. The lowest BCUT2D eigenvalue weighted by molar-refractivity contribution is -0.0506. The van der Waals surface area contributed by atoms with E-state index in [9.17, 15) is 13.2 Å². The van der Waals surface area contributed by atoms with Crippen LogP contribution in [0.5, 0.6) is 5.75 Å². The molecule has 2 fully saturated rings. The maximum Gasteiger partial charge on any atom is 0.387 e. The third-order valence-electron chi connectivity index (χ3n) is 6.38. The zero-order valence-electron chi connectivity index (χ0n) is 18.5. The first-order chi connectivity index (χ1) is 15.5. The molecule has 0 saturated carbocycles. The number of guanidine groups is 1. The lowest BCUT2D eigenvalue weighted by Gasteiger charge is -2.39. The Hall–Kier alpha value is -2.01. The molecular weight excluding hydrogens is 544 g/mol. The number of nitrogens with one attached hydrogen (secondary N) is 2. The van der Waals surface area contributed by atoms with Crippen LogP contribution in [-0.2, 0) is 13.1 Å². The van der Waals surface area contributed by atoms with Gasteiger partial charge in [0.15, 0.2) is 5.96 Å². The molecule has 0 aliphatic carbocycles. The van der Waals surface area contributed by atoms with Crippen LogP contribution in [0.15, 0.2) is 53.5 Å². The second kappa shape index (κ2) is 11.9. The van der Waals surface area contributed by atoms with Gasteiger partial charge in [-0.15, -0.1) is 24.0 Å². The Morgan fingerprint density at radius 1 is 1.09 bits per heavy atom. The maximum absolute atomic E-state index is 14.2. The summed E-state index contributed by atoms with van der Waals surface area (Å²) in [6.07, 6.45) is 4.38. The van der Waals surface area contributed by atoms with Gasteiger partial charge >= 0.3 is 6.61 Å². The number of fused-ring (bicyclic) bond motifs is 2. The van der Waals surface area contributed by atoms with Gasteiger partial charge in [-0.05, 0) is 43.4 Å². The average Bonchev–Trinajstić information content (AvgIpc) is 3.00. The predicted molar refractivity (Wildman–Crippen MR) is 134 cm³/mol. The minimum Gasteiger partial charge on any atom is -0.434 e. The van der Waals surface area contributed by atoms with Crippen molar-refractivity contribution < 1.29 is 17.9 Å². The lowest BCUT2D eigenvalue weighted by Crippen LogP contribution is -2.52. The molecule has 2 aromatic rings. The first-order valence-corrected chi connectivity index (χ1v) is 11.0. The second-order valence-corrected chi connectivity index (χ2v) is 8.38. The van der Waals surface area contributed by atoms with E-state index >= 15 is 0 Å². The van der Waals surface area contributed by atoms with Crippen LogP contribution in [0.25, 0.3) is 0 Å². The fraction of sp³-hybridized carbons (Fsp3) is 0.458. The Bertz CT molecular complexity index is 917. The monoisotopic (exact) mass is 574 g/mol. The van der Waals surface area contributed by atoms with Crippen LogP contribution in [0.4, 0.5) is 13.2 Å². The first-order valence-electron chi connectivity index (χ1n) is 11.0. The Labute approximate surface area is 209 Å². The highest BCUT2D eigenvalue weighted by molar-refractivity contribution is 14.0. The molecule has 0 aromatic heterocycles. The van der Waals surface area contributed by atoms with Crippen molar-refractivity contribution in [3.05, 3.63) is 65.5 Å². The lowest BCUT2D eigenvalue weighted by atomic mass is 9.96. The molecule has 2 bridgehead atoms. The summed E-state index contributed by atoms with van der Waals surface area (Å²) in [6.45, 7) is -2.05. The van der Waals surface area contributed by atoms with Gasteiger partial charge in [-0.25, -0.2) is 4.39 Å². The van der Waals surface area contributed by atoms with Crippen LogP contribution in [0, 0.1) is 5.82 Å². The molecule has 2 aliphatic rings. The number of hydrogen-bond donors (Lipinski definition) is 2. The molecule has 2 unspecified atom stereocenters. The molecular formula is C24H30F3IN4O. The Morgan fingerprint density at radius 2 is 1.79 bits per heavy atom. The Kier molecular flexibility index (Phi) is 9.25. The van der Waals surface area contributed by atoms with Crippen molar-refractivity contribution in [2.45, 2.75) is 63.5 Å². The summed E-state index contributed by atoms with van der Waals surface area (Å²) >= 11 is 0. The number of aliphatic imine (C=N–C) groups is 1. The largest absolute Gasteiger partial charge is 0.434 e. The number of nitrogens with zero attached hydrogens (tertiary/aromatic N) is 2. The molecule has 2 N–H and O–H groups in total. The van der Waals surface area contributed by atoms with Crippen LogP contribution >= 0.6 is 24.0 Å². The zero-order chi connectivity index (χ0) is 22.5. The topological polar surface area (TPSA) is 48.9 Å². The summed E-state index contributed by atoms with van der Waals surface area (Å²) in [6, 6.07) is 15.7. The van der Waals surface area contributed by atoms with E-state index in [0.29, 0.717) is 18.0 Å². The minimum atomic E-state index is -3.01. The van der Waals surface area contributed by atoms with Crippen molar-refractivity contribution in [1.29, 1.82) is 0 Å². The van der Waals surface area contributed by atoms with Gasteiger partial charge in [-0.1, -0.05) is 36.4 Å². The Morgan fingerprint density at radius 3 is 2.42 bits per heavy atom. The highest BCUT2D eigenvalue weighted by Gasteiger charge is 2.40. The predicted octanol–water partition coefficient (Wildman–Crippen LogP) is 4.91.